The van der Waals surface area contributed by atoms with Gasteiger partial charge in [0.25, 0.3) is 0 Å². The fourth-order valence-electron chi connectivity index (χ4n) is 1.55. The van der Waals surface area contributed by atoms with Crippen molar-refractivity contribution in [2.75, 3.05) is 0 Å². The molecule has 17 heavy (non-hydrogen) atoms. The van der Waals surface area contributed by atoms with Crippen molar-refractivity contribution in [1.29, 1.82) is 0 Å². The van der Waals surface area contributed by atoms with Crippen LogP contribution in [0, 0.1) is 4.64 Å². The summed E-state index contributed by atoms with van der Waals surface area (Å²) in [7, 11) is 0. The number of benzene rings is 1. The van der Waals surface area contributed by atoms with Crippen LogP contribution in [0.4, 0.5) is 0 Å². The first-order chi connectivity index (χ1) is 8.09. The van der Waals surface area contributed by atoms with Gasteiger partial charge < -0.3 is 4.98 Å². The number of rotatable bonds is 2. The minimum absolute atomic E-state index is 0.326. The molecule has 0 aliphatic heterocycles. The quantitative estimate of drug-likeness (QED) is 0.815. The molecule has 0 aliphatic rings. The van der Waals surface area contributed by atoms with Gasteiger partial charge in [-0.05, 0) is 21.5 Å². The lowest BCUT2D eigenvalue weighted by Crippen LogP contribution is -2.00. The monoisotopic (exact) mass is 308 g/mol. The van der Waals surface area contributed by atoms with Crippen LogP contribution in [0.15, 0.2) is 34.8 Å². The Bertz CT molecular complexity index is 576. The Balaban J connectivity index is 2.65. The molecule has 0 aliphatic carbocycles. The van der Waals surface area contributed by atoms with Gasteiger partial charge in [-0.3, -0.25) is 0 Å². The smallest absolute Gasteiger partial charge is 0.144 e. The van der Waals surface area contributed by atoms with Crippen LogP contribution in [0.2, 0.25) is 0 Å². The van der Waals surface area contributed by atoms with E-state index in [0.29, 0.717) is 10.6 Å². The summed E-state index contributed by atoms with van der Waals surface area (Å²) < 4.78 is 1.45. The summed E-state index contributed by atoms with van der Waals surface area (Å²) in [5, 5.41) is 0. The third-order valence-corrected chi connectivity index (χ3v) is 3.82. The fourth-order valence-corrected chi connectivity index (χ4v) is 2.17. The number of hydrogen-bond donors (Lipinski definition) is 1. The average Bonchev–Trinajstić information content (AvgIpc) is 2.33. The van der Waals surface area contributed by atoms with Crippen molar-refractivity contribution in [3.63, 3.8) is 0 Å². The van der Waals surface area contributed by atoms with Crippen LogP contribution in [0.25, 0.3) is 11.3 Å². The number of hydrogen-bond acceptors (Lipinski definition) is 2. The van der Waals surface area contributed by atoms with Crippen LogP contribution >= 0.6 is 28.1 Å². The van der Waals surface area contributed by atoms with Gasteiger partial charge in [0.2, 0.25) is 0 Å². The van der Waals surface area contributed by atoms with Gasteiger partial charge in [0.1, 0.15) is 10.5 Å². The van der Waals surface area contributed by atoms with E-state index >= 15 is 0 Å². The van der Waals surface area contributed by atoms with E-state index in [9.17, 15) is 0 Å². The van der Waals surface area contributed by atoms with Gasteiger partial charge in [0.05, 0.1) is 10.2 Å². The lowest BCUT2D eigenvalue weighted by Gasteiger charge is -2.10. The number of aromatic nitrogens is 2. The summed E-state index contributed by atoms with van der Waals surface area (Å²) in [6, 6.07) is 10.1. The van der Waals surface area contributed by atoms with Gasteiger partial charge in [-0.2, -0.15) is 0 Å². The maximum absolute atomic E-state index is 5.27. The molecular formula is C13H13BrN2S. The summed E-state index contributed by atoms with van der Waals surface area (Å²) in [6.07, 6.45) is 0. The number of halogens is 1. The third kappa shape index (κ3) is 2.64. The number of nitrogens with zero attached hydrogens (tertiary/aromatic N) is 1. The second kappa shape index (κ2) is 5.10. The van der Waals surface area contributed by atoms with E-state index in [4.69, 9.17) is 12.2 Å². The van der Waals surface area contributed by atoms with Crippen molar-refractivity contribution in [2.45, 2.75) is 19.8 Å². The molecule has 88 valence electrons. The molecule has 0 atom stereocenters. The molecule has 1 heterocycles. The minimum atomic E-state index is 0.326. The molecule has 1 aromatic heterocycles. The number of aromatic amines is 1. The lowest BCUT2D eigenvalue weighted by atomic mass is 10.1. The van der Waals surface area contributed by atoms with Gasteiger partial charge in [-0.15, -0.1) is 0 Å². The first-order valence-electron chi connectivity index (χ1n) is 5.44. The number of nitrogens with one attached hydrogen (secondary N) is 1. The van der Waals surface area contributed by atoms with E-state index in [1.807, 2.05) is 18.2 Å². The molecule has 0 bridgehead atoms. The van der Waals surface area contributed by atoms with Gasteiger partial charge in [-0.25, -0.2) is 4.98 Å². The van der Waals surface area contributed by atoms with E-state index in [1.54, 1.807) is 0 Å². The van der Waals surface area contributed by atoms with Crippen LogP contribution in [0.3, 0.4) is 0 Å². The van der Waals surface area contributed by atoms with Crippen LogP contribution in [-0.4, -0.2) is 9.97 Å². The lowest BCUT2D eigenvalue weighted by molar-refractivity contribution is 0.771. The minimum Gasteiger partial charge on any atom is -0.342 e. The largest absolute Gasteiger partial charge is 0.342 e. The van der Waals surface area contributed by atoms with Crippen molar-refractivity contribution >= 4 is 28.1 Å². The predicted octanol–water partition coefficient (Wildman–Crippen LogP) is 4.69. The molecule has 1 N–H and O–H groups in total. The molecule has 2 rings (SSSR count). The highest BCUT2D eigenvalue weighted by Gasteiger charge is 2.10. The van der Waals surface area contributed by atoms with E-state index in [2.05, 4.69) is 51.9 Å². The Labute approximate surface area is 114 Å². The van der Waals surface area contributed by atoms with E-state index in [0.717, 1.165) is 21.6 Å². The van der Waals surface area contributed by atoms with Gasteiger partial charge in [0.15, 0.2) is 0 Å². The van der Waals surface area contributed by atoms with E-state index in [1.165, 1.54) is 0 Å². The average molecular weight is 309 g/mol. The molecule has 1 aromatic carbocycles. The highest BCUT2D eigenvalue weighted by atomic mass is 79.9. The second-order valence-corrected chi connectivity index (χ2v) is 5.32. The molecule has 0 unspecified atom stereocenters. The molecule has 0 saturated carbocycles. The first kappa shape index (κ1) is 12.5. The Morgan fingerprint density at radius 2 is 1.88 bits per heavy atom. The maximum Gasteiger partial charge on any atom is 0.144 e. The van der Waals surface area contributed by atoms with Gasteiger partial charge in [-0.1, -0.05) is 56.4 Å². The van der Waals surface area contributed by atoms with Crippen LogP contribution in [0.5, 0.6) is 0 Å². The zero-order chi connectivity index (χ0) is 12.4. The Hall–Kier alpha value is -1.00. The third-order valence-electron chi connectivity index (χ3n) is 2.49. The zero-order valence-electron chi connectivity index (χ0n) is 9.70. The van der Waals surface area contributed by atoms with Crippen molar-refractivity contribution in [3.8, 4) is 11.3 Å². The Morgan fingerprint density at radius 3 is 2.47 bits per heavy atom. The first-order valence-corrected chi connectivity index (χ1v) is 6.65. The molecule has 0 spiro atoms. The molecule has 0 fully saturated rings. The SMILES string of the molecule is CC(C)c1nc(=S)c(Br)c(-c2ccccc2)[nH]1. The molecule has 0 radical (unpaired) electrons. The fraction of sp³-hybridized carbons (Fsp3) is 0.231. The molecule has 2 nitrogen and oxygen atoms in total. The molecule has 0 amide bonds. The molecule has 2 aromatic rings. The van der Waals surface area contributed by atoms with Crippen molar-refractivity contribution < 1.29 is 0 Å². The second-order valence-electron chi connectivity index (χ2n) is 4.14. The maximum atomic E-state index is 5.27. The normalized spacial score (nSPS) is 10.8. The summed E-state index contributed by atoms with van der Waals surface area (Å²) >= 11 is 8.77. The molecule has 4 heteroatoms. The Kier molecular flexibility index (Phi) is 3.74. The van der Waals surface area contributed by atoms with Crippen molar-refractivity contribution in [3.05, 3.63) is 45.3 Å². The summed E-state index contributed by atoms with van der Waals surface area (Å²) in [5.41, 5.74) is 2.10. The molecular weight excluding hydrogens is 296 g/mol. The Morgan fingerprint density at radius 1 is 1.24 bits per heavy atom. The summed E-state index contributed by atoms with van der Waals surface area (Å²) in [5.74, 6) is 1.24. The highest BCUT2D eigenvalue weighted by molar-refractivity contribution is 9.10. The van der Waals surface area contributed by atoms with E-state index < -0.39 is 0 Å². The summed E-state index contributed by atoms with van der Waals surface area (Å²) in [6.45, 7) is 4.19. The highest BCUT2D eigenvalue weighted by Crippen LogP contribution is 2.27. The molecule has 0 saturated heterocycles. The van der Waals surface area contributed by atoms with Gasteiger partial charge in [0, 0.05) is 5.92 Å². The van der Waals surface area contributed by atoms with E-state index in [-0.39, 0.29) is 0 Å². The van der Waals surface area contributed by atoms with Crippen molar-refractivity contribution in [1.82, 2.24) is 9.97 Å². The van der Waals surface area contributed by atoms with Crippen LogP contribution < -0.4 is 0 Å². The van der Waals surface area contributed by atoms with Crippen LogP contribution in [-0.2, 0) is 0 Å². The van der Waals surface area contributed by atoms with Crippen molar-refractivity contribution in [2.24, 2.45) is 0 Å². The predicted molar refractivity (Wildman–Crippen MR) is 76.6 cm³/mol. The topological polar surface area (TPSA) is 28.7 Å². The zero-order valence-corrected chi connectivity index (χ0v) is 12.1. The number of H-pyrrole nitrogens is 1. The standard InChI is InChI=1S/C13H13BrN2S/c1-8(2)12-15-11(10(14)13(17)16-12)9-6-4-3-5-7-9/h3-8H,1-2H3,(H,15,16,17). The van der Waals surface area contributed by atoms with Crippen LogP contribution in [0.1, 0.15) is 25.6 Å². The van der Waals surface area contributed by atoms with Gasteiger partial charge >= 0.3 is 0 Å². The summed E-state index contributed by atoms with van der Waals surface area (Å²) in [4.78, 5) is 7.72.